The van der Waals surface area contributed by atoms with Crippen molar-refractivity contribution in [2.24, 2.45) is 5.92 Å². The largest absolute Gasteiger partial charge is 0.482 e. The van der Waals surface area contributed by atoms with Crippen LogP contribution in [0.1, 0.15) is 34.1 Å². The molecule has 1 heterocycles. The van der Waals surface area contributed by atoms with E-state index >= 15 is 0 Å². The number of hydrogen-bond donors (Lipinski definition) is 2. The molecule has 2 aromatic carbocycles. The van der Waals surface area contributed by atoms with Crippen LogP contribution in [0.5, 0.6) is 11.5 Å². The Morgan fingerprint density at radius 1 is 0.951 bits per heavy atom. The molecule has 1 aliphatic rings. The molecule has 0 spiro atoms. The monoisotopic (exact) mass is 658 g/mol. The van der Waals surface area contributed by atoms with E-state index in [-0.39, 0.29) is 42.3 Å². The summed E-state index contributed by atoms with van der Waals surface area (Å²) in [6.45, 7) is 1.50. The maximum Gasteiger partial charge on any atom is 0.344 e. The zero-order chi connectivity index (χ0) is 29.5. The van der Waals surface area contributed by atoms with Crippen LogP contribution in [0, 0.1) is 5.92 Å². The molecule has 0 radical (unpaired) electrons. The molecule has 13 heteroatoms. The summed E-state index contributed by atoms with van der Waals surface area (Å²) in [6.07, 6.45) is 2.48. The third-order valence-electron chi connectivity index (χ3n) is 6.13. The number of carbonyl (C=O) groups excluding carboxylic acids is 3. The maximum absolute atomic E-state index is 13.2. The van der Waals surface area contributed by atoms with E-state index < -0.39 is 11.9 Å². The Balaban J connectivity index is 1.32. The molecule has 41 heavy (non-hydrogen) atoms. The summed E-state index contributed by atoms with van der Waals surface area (Å²) in [4.78, 5) is 39.1. The lowest BCUT2D eigenvalue weighted by Gasteiger charge is -2.18. The average molecular weight is 660 g/mol. The van der Waals surface area contributed by atoms with Gasteiger partial charge >= 0.3 is 5.97 Å². The van der Waals surface area contributed by atoms with Gasteiger partial charge < -0.3 is 24.8 Å². The fraction of sp³-hybridized carbons (Fsp3) is 0.321. The number of carbonyl (C=O) groups is 3. The van der Waals surface area contributed by atoms with Gasteiger partial charge in [-0.2, -0.15) is 0 Å². The molecule has 1 aliphatic carbocycles. The van der Waals surface area contributed by atoms with Gasteiger partial charge in [0.15, 0.2) is 13.2 Å². The van der Waals surface area contributed by atoms with Crippen molar-refractivity contribution in [3.63, 3.8) is 0 Å². The van der Waals surface area contributed by atoms with E-state index in [0.29, 0.717) is 38.0 Å². The van der Waals surface area contributed by atoms with E-state index in [1.54, 1.807) is 24.3 Å². The molecule has 0 fully saturated rings. The molecule has 4 rings (SSSR count). The van der Waals surface area contributed by atoms with Crippen molar-refractivity contribution in [1.82, 2.24) is 5.32 Å². The third-order valence-corrected chi connectivity index (χ3v) is 8.37. The Bertz CT molecular complexity index is 1450. The zero-order valence-electron chi connectivity index (χ0n) is 21.9. The van der Waals surface area contributed by atoms with Gasteiger partial charge in [0.1, 0.15) is 23.1 Å². The molecule has 0 aliphatic heterocycles. The van der Waals surface area contributed by atoms with Crippen LogP contribution in [0.25, 0.3) is 0 Å². The minimum Gasteiger partial charge on any atom is -0.482 e. The number of benzene rings is 2. The van der Waals surface area contributed by atoms with Gasteiger partial charge in [-0.05, 0) is 67.1 Å². The Morgan fingerprint density at radius 3 is 2.22 bits per heavy atom. The Labute approximate surface area is 261 Å². The lowest BCUT2D eigenvalue weighted by atomic mass is 9.88. The minimum atomic E-state index is -0.624. The zero-order valence-corrected chi connectivity index (χ0v) is 25.7. The van der Waals surface area contributed by atoms with E-state index in [2.05, 4.69) is 17.6 Å². The highest BCUT2D eigenvalue weighted by Gasteiger charge is 2.28. The minimum absolute atomic E-state index is 0.0664. The van der Waals surface area contributed by atoms with Crippen molar-refractivity contribution in [3.8, 4) is 11.5 Å². The predicted octanol–water partition coefficient (Wildman–Crippen LogP) is 6.86. The molecule has 0 saturated carbocycles. The summed E-state index contributed by atoms with van der Waals surface area (Å²) in [5, 5.41) is 7.49. The van der Waals surface area contributed by atoms with Crippen LogP contribution in [0.4, 0.5) is 5.00 Å². The van der Waals surface area contributed by atoms with Crippen molar-refractivity contribution in [2.45, 2.75) is 26.2 Å². The van der Waals surface area contributed by atoms with Crippen molar-refractivity contribution >= 4 is 80.5 Å². The summed E-state index contributed by atoms with van der Waals surface area (Å²) >= 11 is 25.3. The number of hydrogen-bond acceptors (Lipinski definition) is 7. The Hall–Kier alpha value is -2.69. The summed E-state index contributed by atoms with van der Waals surface area (Å²) in [5.74, 6) is -0.337. The SMILES string of the molecule is CC1CCc2c(sc(NC(=O)COc3ccc(Cl)cc3Cl)c2C(=O)NCCOC(=O)COc2ccc(Cl)cc2Cl)C1. The molecule has 1 unspecified atom stereocenters. The Kier molecular flexibility index (Phi) is 11.0. The van der Waals surface area contributed by atoms with Crippen LogP contribution in [0.2, 0.25) is 20.1 Å². The second-order valence-electron chi connectivity index (χ2n) is 9.31. The highest BCUT2D eigenvalue weighted by molar-refractivity contribution is 7.17. The van der Waals surface area contributed by atoms with E-state index in [1.165, 1.54) is 23.5 Å². The van der Waals surface area contributed by atoms with Crippen molar-refractivity contribution in [1.29, 1.82) is 0 Å². The van der Waals surface area contributed by atoms with Crippen LogP contribution >= 0.6 is 57.7 Å². The number of ether oxygens (including phenoxy) is 3. The molecule has 218 valence electrons. The number of thiophene rings is 1. The lowest BCUT2D eigenvalue weighted by molar-refractivity contribution is -0.145. The first-order valence-corrected chi connectivity index (χ1v) is 15.0. The van der Waals surface area contributed by atoms with E-state index in [1.807, 2.05) is 0 Å². The van der Waals surface area contributed by atoms with Gasteiger partial charge in [0.25, 0.3) is 11.8 Å². The number of halogens is 4. The standard InChI is InChI=1S/C28H26Cl4N2O6S/c1-15-2-5-18-23(10-15)41-28(34-24(35)13-39-21-6-3-16(29)11-19(21)31)26(18)27(37)33-8-9-38-25(36)14-40-22-7-4-17(30)12-20(22)32/h3-4,6-7,11-12,15H,2,5,8-10,13-14H2,1H3,(H,33,37)(H,34,35). The summed E-state index contributed by atoms with van der Waals surface area (Å²) in [5.41, 5.74) is 1.34. The average Bonchev–Trinajstić information content (AvgIpc) is 3.26. The number of rotatable bonds is 11. The van der Waals surface area contributed by atoms with Gasteiger partial charge in [-0.1, -0.05) is 53.3 Å². The van der Waals surface area contributed by atoms with Gasteiger partial charge in [0, 0.05) is 14.9 Å². The fourth-order valence-electron chi connectivity index (χ4n) is 4.17. The highest BCUT2D eigenvalue weighted by atomic mass is 35.5. The van der Waals surface area contributed by atoms with Crippen molar-refractivity contribution < 1.29 is 28.6 Å². The lowest BCUT2D eigenvalue weighted by Crippen LogP contribution is -2.30. The highest BCUT2D eigenvalue weighted by Crippen LogP contribution is 2.39. The quantitative estimate of drug-likeness (QED) is 0.172. The fourth-order valence-corrected chi connectivity index (χ4v) is 6.52. The van der Waals surface area contributed by atoms with E-state index in [4.69, 9.17) is 60.6 Å². The predicted molar refractivity (Wildman–Crippen MR) is 161 cm³/mol. The number of nitrogens with one attached hydrogen (secondary N) is 2. The van der Waals surface area contributed by atoms with Gasteiger partial charge in [-0.15, -0.1) is 11.3 Å². The first-order chi connectivity index (χ1) is 19.6. The number of esters is 1. The topological polar surface area (TPSA) is 103 Å². The molecule has 2 amide bonds. The van der Waals surface area contributed by atoms with Crippen LogP contribution in [0.15, 0.2) is 36.4 Å². The van der Waals surface area contributed by atoms with Crippen molar-refractivity contribution in [2.75, 3.05) is 31.7 Å². The molecule has 1 atom stereocenters. The molecule has 8 nitrogen and oxygen atoms in total. The first kappa shape index (κ1) is 31.3. The van der Waals surface area contributed by atoms with Gasteiger partial charge in [-0.3, -0.25) is 9.59 Å². The van der Waals surface area contributed by atoms with E-state index in [0.717, 1.165) is 29.7 Å². The number of anilines is 1. The van der Waals surface area contributed by atoms with Crippen LogP contribution in [-0.4, -0.2) is 44.1 Å². The first-order valence-electron chi connectivity index (χ1n) is 12.6. The molecule has 0 saturated heterocycles. The second kappa shape index (κ2) is 14.5. The van der Waals surface area contributed by atoms with Crippen molar-refractivity contribution in [3.05, 3.63) is 72.5 Å². The number of amides is 2. The second-order valence-corrected chi connectivity index (χ2v) is 12.1. The summed E-state index contributed by atoms with van der Waals surface area (Å²) in [7, 11) is 0. The van der Waals surface area contributed by atoms with E-state index in [9.17, 15) is 14.4 Å². The Morgan fingerprint density at radius 2 is 1.59 bits per heavy atom. The molecular formula is C28H26Cl4N2O6S. The van der Waals surface area contributed by atoms with Gasteiger partial charge in [-0.25, -0.2) is 4.79 Å². The summed E-state index contributed by atoms with van der Waals surface area (Å²) in [6, 6.07) is 9.35. The summed E-state index contributed by atoms with van der Waals surface area (Å²) < 4.78 is 16.1. The molecule has 1 aromatic heterocycles. The van der Waals surface area contributed by atoms with Crippen LogP contribution < -0.4 is 20.1 Å². The molecule has 3 aromatic rings. The number of fused-ring (bicyclic) bond motifs is 1. The van der Waals surface area contributed by atoms with Crippen LogP contribution in [-0.2, 0) is 27.2 Å². The third kappa shape index (κ3) is 8.66. The smallest absolute Gasteiger partial charge is 0.344 e. The maximum atomic E-state index is 13.2. The molecule has 2 N–H and O–H groups in total. The normalized spacial score (nSPS) is 14.1. The van der Waals surface area contributed by atoms with Crippen LogP contribution in [0.3, 0.4) is 0 Å². The molecule has 0 bridgehead atoms. The molecular weight excluding hydrogens is 634 g/mol. The van der Waals surface area contributed by atoms with Gasteiger partial charge in [0.05, 0.1) is 22.2 Å². The van der Waals surface area contributed by atoms with Gasteiger partial charge in [0.2, 0.25) is 0 Å².